The molecular formula is C23H27NO5. The quantitative estimate of drug-likeness (QED) is 0.582. The van der Waals surface area contributed by atoms with Crippen molar-refractivity contribution in [2.45, 2.75) is 39.5 Å². The largest absolute Gasteiger partial charge is 0.504 e. The summed E-state index contributed by atoms with van der Waals surface area (Å²) in [6.45, 7) is 9.59. The van der Waals surface area contributed by atoms with Gasteiger partial charge in [-0.3, -0.25) is 4.79 Å². The van der Waals surface area contributed by atoms with Gasteiger partial charge in [0.2, 0.25) is 0 Å². The van der Waals surface area contributed by atoms with Gasteiger partial charge >= 0.3 is 5.97 Å². The van der Waals surface area contributed by atoms with Crippen LogP contribution in [0, 0.1) is 5.41 Å². The van der Waals surface area contributed by atoms with Crippen LogP contribution in [0.5, 0.6) is 11.5 Å². The average molecular weight is 397 g/mol. The maximum Gasteiger partial charge on any atom is 0.337 e. The predicted octanol–water partition coefficient (Wildman–Crippen LogP) is 3.73. The Hall–Kier alpha value is -3.02. The molecule has 0 spiro atoms. The fourth-order valence-electron chi connectivity index (χ4n) is 4.13. The van der Waals surface area contributed by atoms with E-state index in [4.69, 9.17) is 9.47 Å². The molecule has 0 bridgehead atoms. The lowest BCUT2D eigenvalue weighted by Gasteiger charge is -2.39. The van der Waals surface area contributed by atoms with E-state index in [1.165, 1.54) is 19.3 Å². The summed E-state index contributed by atoms with van der Waals surface area (Å²) >= 11 is 0. The first-order valence-corrected chi connectivity index (χ1v) is 9.57. The highest BCUT2D eigenvalue weighted by Crippen LogP contribution is 2.47. The summed E-state index contributed by atoms with van der Waals surface area (Å²) in [7, 11) is 1.46. The van der Waals surface area contributed by atoms with Crippen molar-refractivity contribution in [2.24, 2.45) is 5.41 Å². The fraction of sp³-hybridized carbons (Fsp3) is 0.391. The van der Waals surface area contributed by atoms with Gasteiger partial charge in [-0.05, 0) is 36.5 Å². The molecule has 1 aromatic carbocycles. The Bertz CT molecular complexity index is 939. The number of hydrogen-bond donors (Lipinski definition) is 2. The van der Waals surface area contributed by atoms with Gasteiger partial charge in [0.15, 0.2) is 17.3 Å². The third kappa shape index (κ3) is 3.92. The van der Waals surface area contributed by atoms with Gasteiger partial charge in [-0.2, -0.15) is 0 Å². The van der Waals surface area contributed by atoms with Gasteiger partial charge in [-0.15, -0.1) is 0 Å². The van der Waals surface area contributed by atoms with Crippen molar-refractivity contribution < 1.29 is 24.2 Å². The number of ketones is 1. The Morgan fingerprint density at radius 3 is 2.76 bits per heavy atom. The molecule has 0 saturated heterocycles. The number of carbonyl (C=O) groups excluding carboxylic acids is 2. The second-order valence-electron chi connectivity index (χ2n) is 8.25. The first-order chi connectivity index (χ1) is 13.7. The van der Waals surface area contributed by atoms with Crippen molar-refractivity contribution in [1.29, 1.82) is 0 Å². The van der Waals surface area contributed by atoms with Crippen molar-refractivity contribution >= 4 is 11.8 Å². The lowest BCUT2D eigenvalue weighted by Crippen LogP contribution is -2.38. The van der Waals surface area contributed by atoms with Crippen LogP contribution >= 0.6 is 0 Å². The molecule has 0 fully saturated rings. The molecule has 154 valence electrons. The van der Waals surface area contributed by atoms with Crippen LogP contribution in [0.3, 0.4) is 0 Å². The minimum atomic E-state index is -0.596. The van der Waals surface area contributed by atoms with Gasteiger partial charge < -0.3 is 19.9 Å². The highest BCUT2D eigenvalue weighted by Gasteiger charge is 2.43. The molecule has 2 aliphatic rings. The number of Topliss-reactive ketones (excluding diaryl/α,β-unsaturated/α-hetero) is 1. The maximum absolute atomic E-state index is 13.2. The topological polar surface area (TPSA) is 84.9 Å². The van der Waals surface area contributed by atoms with Gasteiger partial charge in [-0.25, -0.2) is 4.79 Å². The average Bonchev–Trinajstić information content (AvgIpc) is 2.64. The molecule has 6 heteroatoms. The van der Waals surface area contributed by atoms with Gasteiger partial charge in [0.25, 0.3) is 0 Å². The van der Waals surface area contributed by atoms with Crippen LogP contribution in [0.4, 0.5) is 0 Å². The summed E-state index contributed by atoms with van der Waals surface area (Å²) < 4.78 is 10.6. The molecule has 1 heterocycles. The van der Waals surface area contributed by atoms with Crippen molar-refractivity contribution in [1.82, 2.24) is 5.32 Å². The number of phenols is 1. The lowest BCUT2D eigenvalue weighted by atomic mass is 9.68. The molecule has 1 aliphatic carbocycles. The second-order valence-corrected chi connectivity index (χ2v) is 8.25. The van der Waals surface area contributed by atoms with E-state index in [-0.39, 0.29) is 29.3 Å². The van der Waals surface area contributed by atoms with Crippen LogP contribution < -0.4 is 10.1 Å². The number of ether oxygens (including phenoxy) is 2. The zero-order valence-corrected chi connectivity index (χ0v) is 17.3. The van der Waals surface area contributed by atoms with Crippen LogP contribution in [0.15, 0.2) is 53.4 Å². The van der Waals surface area contributed by atoms with Gasteiger partial charge in [-0.1, -0.05) is 32.6 Å². The molecule has 0 aromatic heterocycles. The highest BCUT2D eigenvalue weighted by molar-refractivity contribution is 6.04. The van der Waals surface area contributed by atoms with E-state index in [2.05, 4.69) is 25.7 Å². The Kier molecular flexibility index (Phi) is 5.55. The zero-order valence-electron chi connectivity index (χ0n) is 17.3. The Morgan fingerprint density at radius 1 is 1.38 bits per heavy atom. The van der Waals surface area contributed by atoms with Crippen LogP contribution in [0.2, 0.25) is 0 Å². The van der Waals surface area contributed by atoms with Crippen LogP contribution in [-0.2, 0) is 14.3 Å². The molecule has 1 aromatic rings. The smallest absolute Gasteiger partial charge is 0.337 e. The van der Waals surface area contributed by atoms with Crippen molar-refractivity contribution in [3.63, 3.8) is 0 Å². The number of benzene rings is 1. The SMILES string of the molecule is C=CCOC(=O)C1=C(C)NC2=C(C(=O)CC(C)(C)C2)C1c1ccc(O)c(OC)c1. The van der Waals surface area contributed by atoms with Gasteiger partial charge in [0.05, 0.1) is 12.7 Å². The number of methoxy groups -OCH3 is 1. The van der Waals surface area contributed by atoms with Crippen LogP contribution in [0.1, 0.15) is 45.1 Å². The fourth-order valence-corrected chi connectivity index (χ4v) is 4.13. The summed E-state index contributed by atoms with van der Waals surface area (Å²) in [6.07, 6.45) is 2.60. The van der Waals surface area contributed by atoms with Crippen molar-refractivity contribution in [2.75, 3.05) is 13.7 Å². The monoisotopic (exact) mass is 397 g/mol. The molecule has 2 N–H and O–H groups in total. The van der Waals surface area contributed by atoms with Crippen LogP contribution in [0.25, 0.3) is 0 Å². The van der Waals surface area contributed by atoms with E-state index in [0.29, 0.717) is 35.2 Å². The van der Waals surface area contributed by atoms with E-state index in [1.807, 2.05) is 6.92 Å². The van der Waals surface area contributed by atoms with E-state index in [9.17, 15) is 14.7 Å². The Balaban J connectivity index is 2.18. The number of allylic oxidation sites excluding steroid dienone is 3. The lowest BCUT2D eigenvalue weighted by molar-refractivity contribution is -0.138. The van der Waals surface area contributed by atoms with Crippen molar-refractivity contribution in [3.8, 4) is 11.5 Å². The molecular weight excluding hydrogens is 370 g/mol. The first kappa shape index (κ1) is 20.7. The van der Waals surface area contributed by atoms with E-state index in [0.717, 1.165) is 5.70 Å². The second kappa shape index (κ2) is 7.78. The molecule has 1 aliphatic heterocycles. The molecule has 0 radical (unpaired) electrons. The summed E-state index contributed by atoms with van der Waals surface area (Å²) in [5.41, 5.74) is 2.97. The zero-order chi connectivity index (χ0) is 21.3. The van der Waals surface area contributed by atoms with E-state index >= 15 is 0 Å². The minimum Gasteiger partial charge on any atom is -0.504 e. The molecule has 3 rings (SSSR count). The third-order valence-electron chi connectivity index (χ3n) is 5.33. The normalized spacial score (nSPS) is 20.7. The molecule has 29 heavy (non-hydrogen) atoms. The molecule has 6 nitrogen and oxygen atoms in total. The molecule has 1 unspecified atom stereocenters. The summed E-state index contributed by atoms with van der Waals surface area (Å²) in [4.78, 5) is 26.1. The number of nitrogens with one attached hydrogen (secondary N) is 1. The summed E-state index contributed by atoms with van der Waals surface area (Å²) in [6, 6.07) is 4.88. The molecule has 1 atom stereocenters. The van der Waals surface area contributed by atoms with Gasteiger partial charge in [0.1, 0.15) is 6.61 Å². The minimum absolute atomic E-state index is 0.00214. The molecule has 0 amide bonds. The predicted molar refractivity (Wildman–Crippen MR) is 109 cm³/mol. The van der Waals surface area contributed by atoms with E-state index in [1.54, 1.807) is 12.1 Å². The number of hydrogen-bond acceptors (Lipinski definition) is 6. The third-order valence-corrected chi connectivity index (χ3v) is 5.33. The molecule has 0 saturated carbocycles. The summed E-state index contributed by atoms with van der Waals surface area (Å²) in [5, 5.41) is 13.3. The number of esters is 1. The standard InChI is InChI=1S/C23H27NO5/c1-6-9-29-22(27)19-13(2)24-15-11-23(3,4)12-17(26)21(15)20(19)14-7-8-16(25)18(10-14)28-5/h6-8,10,20,24-25H,1,9,11-12H2,2-5H3. The highest BCUT2D eigenvalue weighted by atomic mass is 16.5. The Morgan fingerprint density at radius 2 is 2.10 bits per heavy atom. The number of aromatic hydroxyl groups is 1. The Labute approximate surface area is 170 Å². The van der Waals surface area contributed by atoms with E-state index < -0.39 is 11.9 Å². The number of dihydropyridines is 1. The first-order valence-electron chi connectivity index (χ1n) is 9.57. The van der Waals surface area contributed by atoms with Crippen molar-refractivity contribution in [3.05, 3.63) is 59.0 Å². The number of phenolic OH excluding ortho intramolecular Hbond substituents is 1. The number of carbonyl (C=O) groups is 2. The maximum atomic E-state index is 13.2. The van der Waals surface area contributed by atoms with Gasteiger partial charge in [0, 0.05) is 29.3 Å². The summed E-state index contributed by atoms with van der Waals surface area (Å²) in [5.74, 6) is -0.824. The number of rotatable bonds is 5. The van der Waals surface area contributed by atoms with Crippen LogP contribution in [-0.4, -0.2) is 30.6 Å².